The lowest BCUT2D eigenvalue weighted by atomic mass is 9.43. The Kier molecular flexibility index (Phi) is 11.9. The molecule has 4 aliphatic carbocycles. The van der Waals surface area contributed by atoms with Crippen LogP contribution in [0.5, 0.6) is 0 Å². The van der Waals surface area contributed by atoms with Crippen molar-refractivity contribution in [3.63, 3.8) is 0 Å². The van der Waals surface area contributed by atoms with Crippen molar-refractivity contribution < 1.29 is 63.4 Å². The first-order valence-electron chi connectivity index (χ1n) is 16.7. The molecule has 264 valence electrons. The number of carbonyl (C=O) groups excluding carboxylic acids is 2. The molecule has 4 saturated carbocycles. The molecular weight excluding hydrogens is 623 g/mol. The van der Waals surface area contributed by atoms with Gasteiger partial charge in [-0.05, 0) is 111 Å². The number of rotatable bonds is 13. The first-order chi connectivity index (χ1) is 21.4. The van der Waals surface area contributed by atoms with Crippen molar-refractivity contribution in [2.75, 3.05) is 13.0 Å². The average Bonchev–Trinajstić information content (AvgIpc) is 3.31. The second kappa shape index (κ2) is 14.8. The Hall–Kier alpha value is -1.76. The lowest BCUT2D eigenvalue weighted by Gasteiger charge is -2.62. The predicted octanol–water partition coefficient (Wildman–Crippen LogP) is 4.02. The summed E-state index contributed by atoms with van der Waals surface area (Å²) in [7, 11) is -4.52. The van der Waals surface area contributed by atoms with Crippen LogP contribution in [0.25, 0.3) is 0 Å². The molecule has 13 nitrogen and oxygen atoms in total. The molecule has 0 amide bonds. The van der Waals surface area contributed by atoms with Crippen LogP contribution < -0.4 is 0 Å². The van der Waals surface area contributed by atoms with Gasteiger partial charge in [0.2, 0.25) is 6.79 Å². The number of fused-ring (bicyclic) bond motifs is 5. The molecule has 0 saturated heterocycles. The van der Waals surface area contributed by atoms with Gasteiger partial charge in [0.05, 0.1) is 12.3 Å². The van der Waals surface area contributed by atoms with E-state index >= 15 is 0 Å². The van der Waals surface area contributed by atoms with E-state index in [1.54, 1.807) is 0 Å². The Labute approximate surface area is 270 Å². The molecule has 0 radical (unpaired) electrons. The SMILES string of the molecule is C[C@H](CCC(=O)O)C1CCC2C3C(CC[C@@]21C)[C@@]1(C)CC[C@@H](OC(=O)OCOC(=O)CCC(CP(=O)(O)O)C(O)O)C[C@H]1C[C@@H]3O. The highest BCUT2D eigenvalue weighted by Crippen LogP contribution is 2.68. The molecule has 6 N–H and O–H groups in total. The van der Waals surface area contributed by atoms with E-state index in [9.17, 15) is 39.4 Å². The van der Waals surface area contributed by atoms with E-state index in [-0.39, 0.29) is 41.9 Å². The minimum atomic E-state index is -4.52. The first-order valence-corrected chi connectivity index (χ1v) is 18.5. The fourth-order valence-corrected chi connectivity index (χ4v) is 11.1. The van der Waals surface area contributed by atoms with Crippen molar-refractivity contribution in [3.05, 3.63) is 0 Å². The monoisotopic (exact) mass is 676 g/mol. The summed E-state index contributed by atoms with van der Waals surface area (Å²) in [5.41, 5.74) is 0.110. The lowest BCUT2D eigenvalue weighted by molar-refractivity contribution is -0.177. The smallest absolute Gasteiger partial charge is 0.481 e. The highest BCUT2D eigenvalue weighted by molar-refractivity contribution is 7.51. The maximum absolute atomic E-state index is 12.4. The number of carboxylic acids is 1. The quantitative estimate of drug-likeness (QED) is 0.0924. The number of hydrogen-bond donors (Lipinski definition) is 6. The third-order valence-corrected chi connectivity index (χ3v) is 13.4. The van der Waals surface area contributed by atoms with E-state index in [0.717, 1.165) is 32.1 Å². The summed E-state index contributed by atoms with van der Waals surface area (Å²) in [6.07, 6.45) is 2.63. The summed E-state index contributed by atoms with van der Waals surface area (Å²) < 4.78 is 26.5. The van der Waals surface area contributed by atoms with Crippen LogP contribution in [0.2, 0.25) is 0 Å². The molecule has 0 aromatic rings. The average molecular weight is 677 g/mol. The number of aliphatic hydroxyl groups is 3. The molecule has 0 heterocycles. The number of esters is 1. The van der Waals surface area contributed by atoms with Gasteiger partial charge in [-0.1, -0.05) is 20.8 Å². The zero-order valence-corrected chi connectivity index (χ0v) is 28.1. The molecule has 0 spiro atoms. The second-order valence-electron chi connectivity index (χ2n) is 15.0. The molecule has 11 atom stereocenters. The van der Waals surface area contributed by atoms with Crippen LogP contribution >= 0.6 is 7.60 Å². The van der Waals surface area contributed by atoms with Gasteiger partial charge in [0.25, 0.3) is 0 Å². The highest BCUT2D eigenvalue weighted by Gasteiger charge is 2.63. The summed E-state index contributed by atoms with van der Waals surface area (Å²) in [5.74, 6) is -0.861. The summed E-state index contributed by atoms with van der Waals surface area (Å²) >= 11 is 0. The molecule has 0 aromatic carbocycles. The van der Waals surface area contributed by atoms with E-state index < -0.39 is 63.1 Å². The topological polar surface area (TPSA) is 217 Å². The fourth-order valence-electron chi connectivity index (χ4n) is 10.1. The Morgan fingerprint density at radius 3 is 2.24 bits per heavy atom. The number of aliphatic carboxylic acids is 1. The molecule has 0 aromatic heterocycles. The largest absolute Gasteiger partial charge is 0.511 e. The maximum atomic E-state index is 12.4. The summed E-state index contributed by atoms with van der Waals surface area (Å²) in [4.78, 5) is 53.7. The molecule has 14 heteroatoms. The van der Waals surface area contributed by atoms with Crippen LogP contribution in [-0.2, 0) is 28.4 Å². The maximum Gasteiger partial charge on any atom is 0.511 e. The van der Waals surface area contributed by atoms with Gasteiger partial charge in [-0.2, -0.15) is 0 Å². The number of carbonyl (C=O) groups is 3. The third-order valence-electron chi connectivity index (χ3n) is 12.5. The van der Waals surface area contributed by atoms with Gasteiger partial charge in [-0.3, -0.25) is 14.2 Å². The van der Waals surface area contributed by atoms with Gasteiger partial charge in [0.1, 0.15) is 6.10 Å². The summed E-state index contributed by atoms with van der Waals surface area (Å²) in [6, 6.07) is 0. The van der Waals surface area contributed by atoms with Crippen molar-refractivity contribution in [1.82, 2.24) is 0 Å². The van der Waals surface area contributed by atoms with Crippen molar-refractivity contribution in [1.29, 1.82) is 0 Å². The van der Waals surface area contributed by atoms with E-state index in [2.05, 4.69) is 20.8 Å². The summed E-state index contributed by atoms with van der Waals surface area (Å²) in [6.45, 7) is 6.19. The molecule has 4 fully saturated rings. The number of ether oxygens (including phenoxy) is 3. The Bertz CT molecular complexity index is 1140. The standard InChI is InChI=1S/C32H53O13P/c1-18(4-8-26(34)35)22-6-7-23-28-24(11-13-32(22,23)3)31(2)12-10-21(14-20(31)15-25(28)33)45-30(39)44-17-43-27(36)9-5-19(29(37)38)16-46(40,41)42/h18-25,28-29,33,37-38H,4-17H2,1-3H3,(H,34,35)(H2,40,41,42)/t18-,19?,20+,21-,22?,23?,24?,25+,28?,31+,32-/m1/s1. The normalized spacial score (nSPS) is 36.9. The Morgan fingerprint density at radius 1 is 0.913 bits per heavy atom. The molecule has 4 rings (SSSR count). The van der Waals surface area contributed by atoms with Gasteiger partial charge in [-0.25, -0.2) is 4.79 Å². The first kappa shape index (κ1) is 37.1. The van der Waals surface area contributed by atoms with Crippen molar-refractivity contribution in [2.45, 2.75) is 116 Å². The molecule has 46 heavy (non-hydrogen) atoms. The van der Waals surface area contributed by atoms with Crippen LogP contribution in [0.15, 0.2) is 0 Å². The van der Waals surface area contributed by atoms with Crippen LogP contribution in [-0.4, -0.2) is 79.8 Å². The lowest BCUT2D eigenvalue weighted by Crippen LogP contribution is -2.58. The molecule has 0 aliphatic heterocycles. The van der Waals surface area contributed by atoms with E-state index in [1.165, 1.54) is 0 Å². The van der Waals surface area contributed by atoms with E-state index in [0.29, 0.717) is 49.4 Å². The molecule has 5 unspecified atom stereocenters. The van der Waals surface area contributed by atoms with Gasteiger partial charge in [-0.15, -0.1) is 0 Å². The van der Waals surface area contributed by atoms with Gasteiger partial charge < -0.3 is 44.4 Å². The van der Waals surface area contributed by atoms with Crippen LogP contribution in [0, 0.1) is 52.3 Å². The third kappa shape index (κ3) is 8.44. The van der Waals surface area contributed by atoms with E-state index in [1.807, 2.05) is 0 Å². The van der Waals surface area contributed by atoms with Crippen molar-refractivity contribution >= 4 is 25.7 Å². The van der Waals surface area contributed by atoms with Gasteiger partial charge >= 0.3 is 25.7 Å². The number of aliphatic hydroxyl groups excluding tert-OH is 2. The molecular formula is C32H53O13P. The van der Waals surface area contributed by atoms with Gasteiger partial charge in [0, 0.05) is 18.8 Å². The number of carboxylic acid groups (broad SMARTS) is 1. The van der Waals surface area contributed by atoms with Crippen molar-refractivity contribution in [3.8, 4) is 0 Å². The Morgan fingerprint density at radius 2 is 1.59 bits per heavy atom. The van der Waals surface area contributed by atoms with Gasteiger partial charge in [0.15, 0.2) is 6.29 Å². The number of hydrogen-bond acceptors (Lipinski definition) is 10. The highest BCUT2D eigenvalue weighted by atomic mass is 31.2. The minimum Gasteiger partial charge on any atom is -0.481 e. The van der Waals surface area contributed by atoms with E-state index in [4.69, 9.17) is 24.0 Å². The zero-order valence-electron chi connectivity index (χ0n) is 27.2. The predicted molar refractivity (Wildman–Crippen MR) is 163 cm³/mol. The van der Waals surface area contributed by atoms with Crippen LogP contribution in [0.4, 0.5) is 4.79 Å². The molecule has 0 bridgehead atoms. The van der Waals surface area contributed by atoms with Crippen LogP contribution in [0.1, 0.15) is 97.8 Å². The molecule has 4 aliphatic rings. The Balaban J connectivity index is 1.25. The van der Waals surface area contributed by atoms with Crippen LogP contribution in [0.3, 0.4) is 0 Å². The summed E-state index contributed by atoms with van der Waals surface area (Å²) in [5, 5.41) is 39.4. The zero-order chi connectivity index (χ0) is 34.0. The fraction of sp³-hybridized carbons (Fsp3) is 0.906. The van der Waals surface area contributed by atoms with Crippen molar-refractivity contribution in [2.24, 2.45) is 52.3 Å². The minimum absolute atomic E-state index is 0.0112. The second-order valence-corrected chi connectivity index (χ2v) is 16.7.